The van der Waals surface area contributed by atoms with Gasteiger partial charge < -0.3 is 20.5 Å². The quantitative estimate of drug-likeness (QED) is 0.451. The van der Waals surface area contributed by atoms with Crippen LogP contribution in [0.25, 0.3) is 0 Å². The smallest absolute Gasteiger partial charge is 0.251 e. The summed E-state index contributed by atoms with van der Waals surface area (Å²) in [4.78, 5) is 54.7. The third-order valence-electron chi connectivity index (χ3n) is 3.54. The van der Waals surface area contributed by atoms with Crippen LogP contribution in [0.5, 0.6) is 0 Å². The zero-order chi connectivity index (χ0) is 20.5. The summed E-state index contributed by atoms with van der Waals surface area (Å²) in [5, 5.41) is 5.70. The number of aromatic amines is 1. The summed E-state index contributed by atoms with van der Waals surface area (Å²) in [6.07, 6.45) is 1.37. The van der Waals surface area contributed by atoms with Crippen LogP contribution >= 0.6 is 11.8 Å². The molecule has 3 amide bonds. The minimum atomic E-state index is -0.335. The van der Waals surface area contributed by atoms with Crippen molar-refractivity contribution in [3.8, 4) is 0 Å². The lowest BCUT2D eigenvalue weighted by atomic mass is 10.2. The van der Waals surface area contributed by atoms with Crippen molar-refractivity contribution in [2.45, 2.75) is 19.0 Å². The summed E-state index contributed by atoms with van der Waals surface area (Å²) in [6.45, 7) is 3.46. The Morgan fingerprint density at radius 3 is 2.32 bits per heavy atom. The fraction of sp³-hybridized carbons (Fsp3) is 0.278. The Hall–Kier alpha value is -3.14. The van der Waals surface area contributed by atoms with Crippen LogP contribution < -0.4 is 16.2 Å². The first kappa shape index (κ1) is 21.2. The number of carbonyl (C=O) groups excluding carboxylic acids is 3. The lowest BCUT2D eigenvalue weighted by molar-refractivity contribution is -0.132. The van der Waals surface area contributed by atoms with Gasteiger partial charge in [0.25, 0.3) is 5.56 Å². The van der Waals surface area contributed by atoms with E-state index in [1.165, 1.54) is 24.1 Å². The Kier molecular flexibility index (Phi) is 7.76. The Labute approximate surface area is 165 Å². The van der Waals surface area contributed by atoms with E-state index in [0.717, 1.165) is 11.8 Å². The monoisotopic (exact) mass is 403 g/mol. The van der Waals surface area contributed by atoms with E-state index >= 15 is 0 Å². The molecule has 2 rings (SSSR count). The molecule has 1 aromatic heterocycles. The number of likely N-dealkylation sites (N-methyl/N-ethyl adjacent to an activating group) is 1. The molecule has 0 aliphatic rings. The number of hydrogen-bond donors (Lipinski definition) is 3. The van der Waals surface area contributed by atoms with Crippen LogP contribution in [0.1, 0.15) is 13.8 Å². The molecule has 9 nitrogen and oxygen atoms in total. The number of nitrogens with zero attached hydrogens (tertiary/aromatic N) is 2. The van der Waals surface area contributed by atoms with E-state index in [-0.39, 0.29) is 35.6 Å². The number of benzene rings is 1. The van der Waals surface area contributed by atoms with Gasteiger partial charge in [-0.2, -0.15) is 0 Å². The highest BCUT2D eigenvalue weighted by atomic mass is 32.2. The van der Waals surface area contributed by atoms with Gasteiger partial charge in [0.05, 0.1) is 12.3 Å². The van der Waals surface area contributed by atoms with Gasteiger partial charge in [-0.1, -0.05) is 11.8 Å². The molecule has 0 radical (unpaired) electrons. The molecule has 0 spiro atoms. The van der Waals surface area contributed by atoms with Crippen LogP contribution in [-0.4, -0.2) is 51.4 Å². The normalized spacial score (nSPS) is 10.2. The molecular formula is C18H21N5O4S. The minimum Gasteiger partial charge on any atom is -0.333 e. The Morgan fingerprint density at radius 1 is 1.11 bits per heavy atom. The van der Waals surface area contributed by atoms with Crippen molar-refractivity contribution in [1.82, 2.24) is 14.9 Å². The Bertz CT molecular complexity index is 897. The predicted octanol–water partition coefficient (Wildman–Crippen LogP) is 1.31. The van der Waals surface area contributed by atoms with Gasteiger partial charge in [-0.05, 0) is 31.2 Å². The molecule has 0 saturated carbocycles. The molecule has 0 aliphatic carbocycles. The van der Waals surface area contributed by atoms with E-state index in [9.17, 15) is 19.2 Å². The molecule has 1 heterocycles. The number of anilines is 2. The second-order valence-electron chi connectivity index (χ2n) is 5.74. The zero-order valence-corrected chi connectivity index (χ0v) is 16.3. The highest BCUT2D eigenvalue weighted by Gasteiger charge is 2.16. The number of H-pyrrole nitrogens is 1. The molecule has 0 aliphatic heterocycles. The lowest BCUT2D eigenvalue weighted by Gasteiger charge is -2.20. The number of nitrogens with one attached hydrogen (secondary N) is 3. The van der Waals surface area contributed by atoms with Gasteiger partial charge in [0.1, 0.15) is 0 Å². The fourth-order valence-corrected chi connectivity index (χ4v) is 2.99. The van der Waals surface area contributed by atoms with E-state index in [1.807, 2.05) is 0 Å². The highest BCUT2D eigenvalue weighted by Crippen LogP contribution is 2.14. The van der Waals surface area contributed by atoms with E-state index in [2.05, 4.69) is 20.6 Å². The van der Waals surface area contributed by atoms with Gasteiger partial charge in [-0.15, -0.1) is 0 Å². The fourth-order valence-electron chi connectivity index (χ4n) is 2.24. The number of thioether (sulfide) groups is 1. The molecular weight excluding hydrogens is 382 g/mol. The topological polar surface area (TPSA) is 124 Å². The molecule has 0 saturated heterocycles. The maximum atomic E-state index is 12.3. The van der Waals surface area contributed by atoms with Gasteiger partial charge in [0.15, 0.2) is 5.16 Å². The van der Waals surface area contributed by atoms with Crippen LogP contribution in [0.4, 0.5) is 11.4 Å². The number of carbonyl (C=O) groups is 3. The van der Waals surface area contributed by atoms with Crippen LogP contribution in [0.3, 0.4) is 0 Å². The third-order valence-corrected chi connectivity index (χ3v) is 4.41. The molecule has 0 bridgehead atoms. The number of hydrogen-bond acceptors (Lipinski definition) is 6. The Balaban J connectivity index is 1.86. The van der Waals surface area contributed by atoms with E-state index in [4.69, 9.17) is 0 Å². The number of rotatable bonds is 8. The van der Waals surface area contributed by atoms with Crippen molar-refractivity contribution in [3.63, 3.8) is 0 Å². The first-order valence-electron chi connectivity index (χ1n) is 8.50. The van der Waals surface area contributed by atoms with Crippen molar-refractivity contribution in [3.05, 3.63) is 46.9 Å². The van der Waals surface area contributed by atoms with E-state index in [0.29, 0.717) is 23.1 Å². The van der Waals surface area contributed by atoms with Crippen LogP contribution in [0.2, 0.25) is 0 Å². The molecule has 0 atom stereocenters. The number of amides is 3. The summed E-state index contributed by atoms with van der Waals surface area (Å²) in [7, 11) is 0. The summed E-state index contributed by atoms with van der Waals surface area (Å²) in [5.74, 6) is -0.699. The first-order chi connectivity index (χ1) is 13.4. The lowest BCUT2D eigenvalue weighted by Crippen LogP contribution is -2.38. The van der Waals surface area contributed by atoms with E-state index < -0.39 is 0 Å². The van der Waals surface area contributed by atoms with Gasteiger partial charge in [0, 0.05) is 37.1 Å². The number of aromatic nitrogens is 2. The molecule has 10 heteroatoms. The zero-order valence-electron chi connectivity index (χ0n) is 15.5. The Morgan fingerprint density at radius 2 is 1.75 bits per heavy atom. The average Bonchev–Trinajstić information content (AvgIpc) is 2.65. The second kappa shape index (κ2) is 10.3. The molecule has 148 valence electrons. The second-order valence-corrected chi connectivity index (χ2v) is 6.71. The summed E-state index contributed by atoms with van der Waals surface area (Å²) >= 11 is 1.10. The first-order valence-corrected chi connectivity index (χ1v) is 9.49. The third kappa shape index (κ3) is 6.88. The van der Waals surface area contributed by atoms with Crippen molar-refractivity contribution >= 4 is 40.9 Å². The summed E-state index contributed by atoms with van der Waals surface area (Å²) in [5.41, 5.74) is 0.893. The van der Waals surface area contributed by atoms with Gasteiger partial charge in [0.2, 0.25) is 17.7 Å². The standard InChI is InChI=1S/C18H21N5O4S/c1-3-23(17(27)11-28-18-19-9-8-15(25)22-18)10-16(26)21-14-6-4-13(5-7-14)20-12(2)24/h4-9H,3,10-11H2,1-2H3,(H,20,24)(H,21,26)(H,19,22,25). The molecule has 0 fully saturated rings. The average molecular weight is 403 g/mol. The molecule has 2 aromatic rings. The van der Waals surface area contributed by atoms with Gasteiger partial charge in [-0.25, -0.2) is 4.98 Å². The van der Waals surface area contributed by atoms with Gasteiger partial charge in [-0.3, -0.25) is 19.2 Å². The van der Waals surface area contributed by atoms with Crippen molar-refractivity contribution < 1.29 is 14.4 Å². The molecule has 0 unspecified atom stereocenters. The molecule has 28 heavy (non-hydrogen) atoms. The maximum Gasteiger partial charge on any atom is 0.251 e. The minimum absolute atomic E-state index is 0.0550. The maximum absolute atomic E-state index is 12.3. The SMILES string of the molecule is CCN(CC(=O)Nc1ccc(NC(C)=O)cc1)C(=O)CSc1nccc(=O)[nH]1. The van der Waals surface area contributed by atoms with Crippen molar-refractivity contribution in [2.75, 3.05) is 29.5 Å². The van der Waals surface area contributed by atoms with Crippen LogP contribution in [0, 0.1) is 0 Å². The predicted molar refractivity (Wildman–Crippen MR) is 107 cm³/mol. The van der Waals surface area contributed by atoms with Crippen LogP contribution in [0.15, 0.2) is 46.5 Å². The summed E-state index contributed by atoms with van der Waals surface area (Å²) in [6, 6.07) is 7.95. The van der Waals surface area contributed by atoms with Gasteiger partial charge >= 0.3 is 0 Å². The molecule has 1 aromatic carbocycles. The highest BCUT2D eigenvalue weighted by molar-refractivity contribution is 7.99. The van der Waals surface area contributed by atoms with E-state index in [1.54, 1.807) is 31.2 Å². The summed E-state index contributed by atoms with van der Waals surface area (Å²) < 4.78 is 0. The molecule has 3 N–H and O–H groups in total. The van der Waals surface area contributed by atoms with Crippen molar-refractivity contribution in [1.29, 1.82) is 0 Å². The van der Waals surface area contributed by atoms with Crippen molar-refractivity contribution in [2.24, 2.45) is 0 Å². The largest absolute Gasteiger partial charge is 0.333 e. The van der Waals surface area contributed by atoms with Crippen LogP contribution in [-0.2, 0) is 14.4 Å².